The van der Waals surface area contributed by atoms with Crippen LogP contribution in [-0.4, -0.2) is 12.2 Å². The summed E-state index contributed by atoms with van der Waals surface area (Å²) in [5, 5.41) is 14.2. The maximum absolute atomic E-state index is 7.24. The average molecular weight is 138 g/mol. The summed E-state index contributed by atoms with van der Waals surface area (Å²) in [6, 6.07) is 0. The molecule has 0 aromatic heterocycles. The van der Waals surface area contributed by atoms with Crippen LogP contribution in [0.25, 0.3) is 0 Å². The molecule has 0 aliphatic heterocycles. The number of hydrogen-bond acceptors (Lipinski definition) is 2. The fourth-order valence-corrected chi connectivity index (χ4v) is 0. The van der Waals surface area contributed by atoms with E-state index in [9.17, 15) is 0 Å². The molecule has 3 heteroatoms. The van der Waals surface area contributed by atoms with Crippen molar-refractivity contribution in [2.75, 3.05) is 7.11 Å². The highest BCUT2D eigenvalue weighted by Gasteiger charge is 1.23. The molecule has 0 bridgehead atoms. The van der Waals surface area contributed by atoms with Gasteiger partial charge in [0.15, 0.2) is 0 Å². The summed E-state index contributed by atoms with van der Waals surface area (Å²) in [5.74, 6) is 0. The topological polar surface area (TPSA) is 44.0 Å². The number of hydrogen-bond donors (Lipinski definition) is 1. The minimum absolute atomic E-state index is 1.00. The Balaban J connectivity index is 0. The molecule has 0 aromatic rings. The zero-order chi connectivity index (χ0) is 4.71. The lowest BCUT2D eigenvalue weighted by molar-refractivity contribution is 0.399. The second kappa shape index (κ2) is 39.0. The van der Waals surface area contributed by atoms with Gasteiger partial charge in [-0.15, -0.1) is 0 Å². The van der Waals surface area contributed by atoms with Crippen LogP contribution >= 0.6 is 15.9 Å². The van der Waals surface area contributed by atoms with Crippen LogP contribution < -0.4 is 0 Å². The van der Waals surface area contributed by atoms with Crippen molar-refractivity contribution in [1.29, 1.82) is 5.26 Å². The van der Waals surface area contributed by atoms with Crippen molar-refractivity contribution in [2.45, 2.75) is 0 Å². The SMILES string of the molecule is CO.N#CBr. The molecular formula is C2H4BrNO. The lowest BCUT2D eigenvalue weighted by atomic mass is 11.8. The molecule has 0 unspecified atom stereocenters. The van der Waals surface area contributed by atoms with E-state index in [1.807, 2.05) is 0 Å². The second-order valence-corrected chi connectivity index (χ2v) is 0.439. The van der Waals surface area contributed by atoms with Gasteiger partial charge >= 0.3 is 0 Å². The normalized spacial score (nSPS) is 2.80. The second-order valence-electron chi connectivity index (χ2n) is 0.0845. The third kappa shape index (κ3) is 2990. The Morgan fingerprint density at radius 1 is 1.80 bits per heavy atom. The van der Waals surface area contributed by atoms with Gasteiger partial charge in [-0.3, -0.25) is 0 Å². The van der Waals surface area contributed by atoms with Crippen molar-refractivity contribution in [1.82, 2.24) is 0 Å². The predicted octanol–water partition coefficient (Wildman–Crippen LogP) is 0.471. The van der Waals surface area contributed by atoms with Gasteiger partial charge in [-0.1, -0.05) is 0 Å². The summed E-state index contributed by atoms with van der Waals surface area (Å²) in [5.41, 5.74) is 0. The Morgan fingerprint density at radius 3 is 1.80 bits per heavy atom. The van der Waals surface area contributed by atoms with Crippen molar-refractivity contribution >= 4 is 15.9 Å². The van der Waals surface area contributed by atoms with Crippen LogP contribution in [0.2, 0.25) is 0 Å². The third-order valence-electron chi connectivity index (χ3n) is 0. The van der Waals surface area contributed by atoms with E-state index in [0.29, 0.717) is 0 Å². The molecule has 0 saturated heterocycles. The molecule has 0 radical (unpaired) electrons. The third-order valence-corrected chi connectivity index (χ3v) is 0. The van der Waals surface area contributed by atoms with Crippen LogP contribution in [0.15, 0.2) is 0 Å². The highest BCUT2D eigenvalue weighted by atomic mass is 79.9. The van der Waals surface area contributed by atoms with Gasteiger partial charge in [0.05, 0.1) is 0 Å². The minimum atomic E-state index is 1.00. The van der Waals surface area contributed by atoms with E-state index < -0.39 is 0 Å². The fraction of sp³-hybridized carbons (Fsp3) is 0.500. The lowest BCUT2D eigenvalue weighted by Crippen LogP contribution is -1.25. The zero-order valence-electron chi connectivity index (χ0n) is 2.77. The van der Waals surface area contributed by atoms with Gasteiger partial charge in [0.2, 0.25) is 0 Å². The first-order valence-electron chi connectivity index (χ1n) is 0.860. The summed E-state index contributed by atoms with van der Waals surface area (Å²) < 4.78 is 0. The monoisotopic (exact) mass is 137 g/mol. The van der Waals surface area contributed by atoms with Crippen LogP contribution in [0.5, 0.6) is 0 Å². The molecule has 0 spiro atoms. The molecule has 0 heterocycles. The Bertz CT molecular complexity index is 31.1. The average Bonchev–Trinajstić information content (AvgIpc) is 1.46. The molecule has 0 fully saturated rings. The fourth-order valence-electron chi connectivity index (χ4n) is 0. The highest BCUT2D eigenvalue weighted by Crippen LogP contribution is 1.58. The largest absolute Gasteiger partial charge is 0.400 e. The van der Waals surface area contributed by atoms with Crippen molar-refractivity contribution in [3.05, 3.63) is 0 Å². The summed E-state index contributed by atoms with van der Waals surface area (Å²) >= 11 is 2.45. The van der Waals surface area contributed by atoms with Crippen LogP contribution in [0.3, 0.4) is 0 Å². The van der Waals surface area contributed by atoms with E-state index in [1.54, 1.807) is 4.98 Å². The van der Waals surface area contributed by atoms with Crippen molar-refractivity contribution in [2.24, 2.45) is 0 Å². The van der Waals surface area contributed by atoms with E-state index in [0.717, 1.165) is 7.11 Å². The number of nitrogens with zero attached hydrogens (tertiary/aromatic N) is 1. The quantitative estimate of drug-likeness (QED) is 0.528. The van der Waals surface area contributed by atoms with Crippen LogP contribution in [0.1, 0.15) is 0 Å². The number of aliphatic hydroxyl groups excluding tert-OH is 1. The van der Waals surface area contributed by atoms with Gasteiger partial charge < -0.3 is 5.11 Å². The van der Waals surface area contributed by atoms with Crippen LogP contribution in [-0.2, 0) is 0 Å². The van der Waals surface area contributed by atoms with Gasteiger partial charge in [-0.25, -0.2) is 0 Å². The van der Waals surface area contributed by atoms with Gasteiger partial charge in [0.25, 0.3) is 0 Å². The van der Waals surface area contributed by atoms with Gasteiger partial charge in [-0.05, 0) is 0 Å². The molecule has 0 aromatic carbocycles. The summed E-state index contributed by atoms with van der Waals surface area (Å²) in [6.07, 6.45) is 0. The predicted molar refractivity (Wildman–Crippen MR) is 22.7 cm³/mol. The summed E-state index contributed by atoms with van der Waals surface area (Å²) in [6.45, 7) is 0. The van der Waals surface area contributed by atoms with Crippen molar-refractivity contribution < 1.29 is 5.11 Å². The van der Waals surface area contributed by atoms with E-state index in [2.05, 4.69) is 15.9 Å². The molecule has 0 atom stereocenters. The smallest absolute Gasteiger partial charge is 0.142 e. The standard InChI is InChI=1S/CBrN.CH4O/c2-1-3;1-2/h;2H,1H3. The first kappa shape index (κ1) is 8.87. The Kier molecular flexibility index (Phi) is 69.2. The number of nitriles is 1. The number of halogens is 1. The molecule has 0 saturated carbocycles. The van der Waals surface area contributed by atoms with Gasteiger partial charge in [0, 0.05) is 23.0 Å². The highest BCUT2D eigenvalue weighted by molar-refractivity contribution is 9.12. The molecule has 30 valence electrons. The minimum Gasteiger partial charge on any atom is -0.400 e. The Morgan fingerprint density at radius 2 is 1.80 bits per heavy atom. The number of aliphatic hydroxyl groups is 1. The van der Waals surface area contributed by atoms with E-state index in [1.165, 1.54) is 0 Å². The molecule has 0 aliphatic carbocycles. The van der Waals surface area contributed by atoms with Crippen molar-refractivity contribution in [3.8, 4) is 4.98 Å². The molecule has 1 N–H and O–H groups in total. The summed E-state index contributed by atoms with van der Waals surface area (Å²) in [7, 11) is 1.00. The Labute approximate surface area is 39.2 Å². The van der Waals surface area contributed by atoms with Gasteiger partial charge in [0.1, 0.15) is 4.98 Å². The molecular weight excluding hydrogens is 134 g/mol. The molecule has 0 amide bonds. The van der Waals surface area contributed by atoms with Crippen LogP contribution in [0, 0.1) is 10.2 Å². The van der Waals surface area contributed by atoms with E-state index >= 15 is 0 Å². The first-order valence-corrected chi connectivity index (χ1v) is 1.65. The van der Waals surface area contributed by atoms with E-state index in [-0.39, 0.29) is 0 Å². The molecule has 0 rings (SSSR count). The van der Waals surface area contributed by atoms with Gasteiger partial charge in [-0.2, -0.15) is 5.26 Å². The maximum Gasteiger partial charge on any atom is 0.142 e. The van der Waals surface area contributed by atoms with Crippen LogP contribution in [0.4, 0.5) is 0 Å². The number of rotatable bonds is 0. The summed E-state index contributed by atoms with van der Waals surface area (Å²) in [4.78, 5) is 1.56. The first-order chi connectivity index (χ1) is 2.41. The van der Waals surface area contributed by atoms with Crippen molar-refractivity contribution in [3.63, 3.8) is 0 Å². The maximum atomic E-state index is 7.24. The molecule has 5 heavy (non-hydrogen) atoms. The Hall–Kier alpha value is -0.0700. The lowest BCUT2D eigenvalue weighted by Gasteiger charge is -1.21. The molecule has 0 aliphatic rings. The zero-order valence-corrected chi connectivity index (χ0v) is 4.36. The molecule has 2 nitrogen and oxygen atoms in total. The van der Waals surface area contributed by atoms with E-state index in [4.69, 9.17) is 10.4 Å².